The highest BCUT2D eigenvalue weighted by atomic mass is 16.6. The number of rotatable bonds is 10. The van der Waals surface area contributed by atoms with Crippen molar-refractivity contribution in [1.29, 1.82) is 0 Å². The zero-order valence-electron chi connectivity index (χ0n) is 19.6. The van der Waals surface area contributed by atoms with Crippen molar-refractivity contribution < 1.29 is 23.9 Å². The fourth-order valence-corrected chi connectivity index (χ4v) is 3.74. The second-order valence-electron chi connectivity index (χ2n) is 8.19. The second kappa shape index (κ2) is 13.2. The van der Waals surface area contributed by atoms with E-state index in [4.69, 9.17) is 9.47 Å². The van der Waals surface area contributed by atoms with Crippen LogP contribution >= 0.6 is 0 Å². The van der Waals surface area contributed by atoms with Crippen LogP contribution in [0.4, 0.5) is 4.79 Å². The van der Waals surface area contributed by atoms with Crippen LogP contribution in [0.25, 0.3) is 0 Å². The number of likely N-dealkylation sites (tertiary alicyclic amines) is 1. The molecule has 0 unspecified atom stereocenters. The van der Waals surface area contributed by atoms with Gasteiger partial charge in [-0.3, -0.25) is 9.59 Å². The smallest absolute Gasteiger partial charge is 0.409 e. The lowest BCUT2D eigenvalue weighted by Crippen LogP contribution is -2.46. The number of hydrogen-bond donors (Lipinski definition) is 2. The lowest BCUT2D eigenvalue weighted by atomic mass is 10.1. The highest BCUT2D eigenvalue weighted by Gasteiger charge is 2.24. The third kappa shape index (κ3) is 8.10. The summed E-state index contributed by atoms with van der Waals surface area (Å²) in [4.78, 5) is 38.1. The zero-order valence-corrected chi connectivity index (χ0v) is 19.6. The Morgan fingerprint density at radius 1 is 1.03 bits per heavy atom. The normalized spacial score (nSPS) is 13.7. The molecule has 8 nitrogen and oxygen atoms in total. The maximum atomic E-state index is 12.5. The fraction of sp³-hybridized carbons (Fsp3) is 0.423. The van der Waals surface area contributed by atoms with Gasteiger partial charge in [0.1, 0.15) is 12.4 Å². The number of nitrogens with one attached hydrogen (secondary N) is 2. The quantitative estimate of drug-likeness (QED) is 0.521. The van der Waals surface area contributed by atoms with Crippen LogP contribution in [-0.2, 0) is 16.1 Å². The Kier molecular flexibility index (Phi) is 9.76. The van der Waals surface area contributed by atoms with Gasteiger partial charge >= 0.3 is 6.09 Å². The van der Waals surface area contributed by atoms with Crippen LogP contribution in [0.1, 0.15) is 48.5 Å². The number of benzene rings is 2. The van der Waals surface area contributed by atoms with Crippen LogP contribution in [-0.4, -0.2) is 55.1 Å². The highest BCUT2D eigenvalue weighted by Crippen LogP contribution is 2.15. The summed E-state index contributed by atoms with van der Waals surface area (Å²) in [5.41, 5.74) is 1.57. The van der Waals surface area contributed by atoms with E-state index in [1.165, 1.54) is 0 Å². The zero-order chi connectivity index (χ0) is 24.2. The molecule has 1 heterocycles. The molecule has 3 rings (SSSR count). The first-order chi connectivity index (χ1) is 16.5. The average molecular weight is 468 g/mol. The summed E-state index contributed by atoms with van der Waals surface area (Å²) in [6.45, 7) is 4.14. The topological polar surface area (TPSA) is 97.0 Å². The van der Waals surface area contributed by atoms with Crippen molar-refractivity contribution in [2.24, 2.45) is 0 Å². The van der Waals surface area contributed by atoms with Crippen molar-refractivity contribution in [1.82, 2.24) is 15.5 Å². The number of hydrogen-bond acceptors (Lipinski definition) is 5. The fourth-order valence-electron chi connectivity index (χ4n) is 3.74. The maximum absolute atomic E-state index is 12.5. The van der Waals surface area contributed by atoms with Crippen LogP contribution < -0.4 is 15.4 Å². The minimum Gasteiger partial charge on any atom is -0.489 e. The van der Waals surface area contributed by atoms with E-state index in [-0.39, 0.29) is 23.9 Å². The minimum absolute atomic E-state index is 0.0415. The first kappa shape index (κ1) is 25.1. The number of amides is 3. The van der Waals surface area contributed by atoms with E-state index in [0.717, 1.165) is 5.56 Å². The lowest BCUT2D eigenvalue weighted by molar-refractivity contribution is -0.122. The van der Waals surface area contributed by atoms with Gasteiger partial charge in [0.15, 0.2) is 0 Å². The van der Waals surface area contributed by atoms with Crippen LogP contribution in [0.15, 0.2) is 54.6 Å². The molecule has 0 saturated carbocycles. The van der Waals surface area contributed by atoms with Crippen molar-refractivity contribution >= 4 is 17.9 Å². The maximum Gasteiger partial charge on any atom is 0.409 e. The van der Waals surface area contributed by atoms with Crippen LogP contribution in [0.5, 0.6) is 5.75 Å². The van der Waals surface area contributed by atoms with Gasteiger partial charge in [0.2, 0.25) is 5.91 Å². The molecule has 1 aliphatic heterocycles. The Morgan fingerprint density at radius 2 is 1.79 bits per heavy atom. The van der Waals surface area contributed by atoms with E-state index in [9.17, 15) is 14.4 Å². The van der Waals surface area contributed by atoms with Gasteiger partial charge < -0.3 is 25.0 Å². The molecule has 1 aliphatic rings. The molecule has 2 N–H and O–H groups in total. The van der Waals surface area contributed by atoms with Crippen LogP contribution in [0.2, 0.25) is 0 Å². The lowest BCUT2D eigenvalue weighted by Gasteiger charge is -2.31. The summed E-state index contributed by atoms with van der Waals surface area (Å²) in [5.74, 6) is 0.391. The largest absolute Gasteiger partial charge is 0.489 e. The monoisotopic (exact) mass is 467 g/mol. The Hall–Kier alpha value is -3.55. The van der Waals surface area contributed by atoms with Crippen molar-refractivity contribution in [3.05, 3.63) is 65.7 Å². The highest BCUT2D eigenvalue weighted by molar-refractivity contribution is 5.94. The number of piperidine rings is 1. The molecule has 34 heavy (non-hydrogen) atoms. The van der Waals surface area contributed by atoms with E-state index >= 15 is 0 Å². The Bertz CT molecular complexity index is 942. The number of carbonyl (C=O) groups is 3. The van der Waals surface area contributed by atoms with E-state index in [1.54, 1.807) is 30.0 Å². The summed E-state index contributed by atoms with van der Waals surface area (Å²) in [6.07, 6.45) is 2.01. The van der Waals surface area contributed by atoms with Gasteiger partial charge in [-0.2, -0.15) is 0 Å². The van der Waals surface area contributed by atoms with Crippen molar-refractivity contribution in [3.63, 3.8) is 0 Å². The molecular formula is C26H33N3O5. The first-order valence-corrected chi connectivity index (χ1v) is 11.8. The third-order valence-corrected chi connectivity index (χ3v) is 5.60. The van der Waals surface area contributed by atoms with Crippen molar-refractivity contribution in [2.45, 2.75) is 45.3 Å². The van der Waals surface area contributed by atoms with E-state index in [1.807, 2.05) is 36.4 Å². The van der Waals surface area contributed by atoms with Gasteiger partial charge in [0.05, 0.1) is 6.61 Å². The van der Waals surface area contributed by atoms with Gasteiger partial charge in [-0.25, -0.2) is 4.79 Å². The first-order valence-electron chi connectivity index (χ1n) is 11.8. The van der Waals surface area contributed by atoms with E-state index in [2.05, 4.69) is 10.6 Å². The predicted molar refractivity (Wildman–Crippen MR) is 129 cm³/mol. The molecule has 0 bridgehead atoms. The summed E-state index contributed by atoms with van der Waals surface area (Å²) in [5, 5.41) is 5.87. The molecule has 0 radical (unpaired) electrons. The molecule has 0 aromatic heterocycles. The summed E-state index contributed by atoms with van der Waals surface area (Å²) >= 11 is 0. The molecule has 2 aromatic carbocycles. The molecule has 1 saturated heterocycles. The van der Waals surface area contributed by atoms with Crippen LogP contribution in [0, 0.1) is 0 Å². The van der Waals surface area contributed by atoms with Gasteiger partial charge in [-0.1, -0.05) is 36.4 Å². The molecule has 0 aliphatic carbocycles. The third-order valence-electron chi connectivity index (χ3n) is 5.60. The summed E-state index contributed by atoms with van der Waals surface area (Å²) in [7, 11) is 0. The molecule has 0 spiro atoms. The predicted octanol–water partition coefficient (Wildman–Crippen LogP) is 3.51. The van der Waals surface area contributed by atoms with Gasteiger partial charge in [0.25, 0.3) is 5.91 Å². The molecule has 1 fully saturated rings. The van der Waals surface area contributed by atoms with E-state index in [0.29, 0.717) is 69.8 Å². The number of ether oxygens (including phenoxy) is 2. The Morgan fingerprint density at radius 3 is 2.53 bits per heavy atom. The van der Waals surface area contributed by atoms with Gasteiger partial charge in [-0.15, -0.1) is 0 Å². The minimum atomic E-state index is -0.295. The van der Waals surface area contributed by atoms with Gasteiger partial charge in [-0.05, 0) is 49.9 Å². The molecule has 0 atom stereocenters. The summed E-state index contributed by atoms with van der Waals surface area (Å²) < 4.78 is 10.8. The molecular weight excluding hydrogens is 434 g/mol. The Balaban J connectivity index is 1.32. The molecule has 2 aromatic rings. The Labute approximate surface area is 200 Å². The second-order valence-corrected chi connectivity index (χ2v) is 8.19. The average Bonchev–Trinajstić information content (AvgIpc) is 2.86. The van der Waals surface area contributed by atoms with E-state index < -0.39 is 0 Å². The van der Waals surface area contributed by atoms with Crippen molar-refractivity contribution in [2.75, 3.05) is 26.2 Å². The number of nitrogens with zero attached hydrogens (tertiary/aromatic N) is 1. The van der Waals surface area contributed by atoms with Gasteiger partial charge in [0, 0.05) is 37.7 Å². The van der Waals surface area contributed by atoms with Crippen LogP contribution in [0.3, 0.4) is 0 Å². The molecule has 182 valence electrons. The SMILES string of the molecule is CCOC(=O)N1CCC(NC(=O)CCCNC(=O)c2cccc(OCc3ccccc3)c2)CC1. The molecule has 3 amide bonds. The summed E-state index contributed by atoms with van der Waals surface area (Å²) in [6, 6.07) is 17.0. The standard InChI is InChI=1S/C26H33N3O5/c1-2-33-26(32)29-16-13-22(14-17-29)28-24(30)12-7-15-27-25(31)21-10-6-11-23(18-21)34-19-20-8-4-3-5-9-20/h3-6,8-11,18,22H,2,7,12-17,19H2,1H3,(H,27,31)(H,28,30). The number of carbonyl (C=O) groups excluding carboxylic acids is 3. The van der Waals surface area contributed by atoms with Crippen molar-refractivity contribution in [3.8, 4) is 5.75 Å². The molecule has 8 heteroatoms.